The van der Waals surface area contributed by atoms with E-state index in [4.69, 9.17) is 0 Å². The fourth-order valence-corrected chi connectivity index (χ4v) is 3.45. The Morgan fingerprint density at radius 2 is 1.53 bits per heavy atom. The summed E-state index contributed by atoms with van der Waals surface area (Å²) in [6.07, 6.45) is 14.3. The van der Waals surface area contributed by atoms with E-state index in [1.54, 1.807) is 0 Å². The monoisotopic (exact) mass is 256 g/mol. The van der Waals surface area contributed by atoms with Gasteiger partial charge in [0.05, 0.1) is 0 Å². The summed E-state index contributed by atoms with van der Waals surface area (Å²) in [6, 6.07) is 0. The first-order valence-electron chi connectivity index (χ1n) is 7.59. The minimum Gasteiger partial charge on any atom is -0.0808 e. The minimum atomic E-state index is 0.206. The van der Waals surface area contributed by atoms with Crippen molar-refractivity contribution in [3.05, 3.63) is 47.6 Å². The Kier molecular flexibility index (Phi) is 3.90. The molecule has 0 saturated heterocycles. The Balaban J connectivity index is 2.27. The molecule has 0 aromatic rings. The first-order valence-corrected chi connectivity index (χ1v) is 7.59. The van der Waals surface area contributed by atoms with E-state index >= 15 is 0 Å². The second-order valence-electron chi connectivity index (χ2n) is 7.08. The molecule has 0 spiro atoms. The van der Waals surface area contributed by atoms with Gasteiger partial charge in [0.25, 0.3) is 0 Å². The summed E-state index contributed by atoms with van der Waals surface area (Å²) in [5.41, 5.74) is 3.11. The molecule has 2 rings (SSSR count). The molecule has 0 radical (unpaired) electrons. The van der Waals surface area contributed by atoms with Gasteiger partial charge in [-0.05, 0) is 41.6 Å². The first kappa shape index (κ1) is 14.4. The molecule has 4 atom stereocenters. The summed E-state index contributed by atoms with van der Waals surface area (Å²) < 4.78 is 0. The fraction of sp³-hybridized carbons (Fsp3) is 0.579. The summed E-state index contributed by atoms with van der Waals surface area (Å²) >= 11 is 0. The van der Waals surface area contributed by atoms with Crippen molar-refractivity contribution >= 4 is 0 Å². The highest BCUT2D eigenvalue weighted by atomic mass is 14.4. The third-order valence-electron chi connectivity index (χ3n) is 5.09. The number of allylic oxidation sites excluding steroid dienone is 8. The maximum atomic E-state index is 2.48. The van der Waals surface area contributed by atoms with E-state index in [0.717, 1.165) is 0 Å². The third-order valence-corrected chi connectivity index (χ3v) is 5.09. The molecule has 2 aliphatic carbocycles. The molecular weight excluding hydrogens is 228 g/mol. The zero-order chi connectivity index (χ0) is 14.2. The molecular formula is C19H28. The van der Waals surface area contributed by atoms with Crippen molar-refractivity contribution < 1.29 is 0 Å². The van der Waals surface area contributed by atoms with Crippen molar-refractivity contribution in [2.75, 3.05) is 0 Å². The summed E-state index contributed by atoms with van der Waals surface area (Å²) in [7, 11) is 0. The molecule has 0 aliphatic heterocycles. The Morgan fingerprint density at radius 3 is 2.11 bits per heavy atom. The molecule has 0 N–H and O–H groups in total. The van der Waals surface area contributed by atoms with Gasteiger partial charge >= 0.3 is 0 Å². The van der Waals surface area contributed by atoms with E-state index in [-0.39, 0.29) is 5.41 Å². The van der Waals surface area contributed by atoms with E-state index in [1.165, 1.54) is 11.1 Å². The Labute approximate surface area is 119 Å². The van der Waals surface area contributed by atoms with Crippen molar-refractivity contribution in [2.24, 2.45) is 29.1 Å². The number of rotatable bonds is 2. The van der Waals surface area contributed by atoms with Crippen molar-refractivity contribution in [3.8, 4) is 0 Å². The highest BCUT2D eigenvalue weighted by Crippen LogP contribution is 2.45. The van der Waals surface area contributed by atoms with Crippen LogP contribution < -0.4 is 0 Å². The maximum Gasteiger partial charge on any atom is -0.00383 e. The fourth-order valence-electron chi connectivity index (χ4n) is 3.45. The number of hydrogen-bond donors (Lipinski definition) is 0. The summed E-state index contributed by atoms with van der Waals surface area (Å²) in [4.78, 5) is 0. The van der Waals surface area contributed by atoms with Crippen molar-refractivity contribution in [1.82, 2.24) is 0 Å². The Bertz CT molecular complexity index is 456. The molecule has 2 aliphatic rings. The molecule has 0 aromatic heterocycles. The van der Waals surface area contributed by atoms with Gasteiger partial charge < -0.3 is 0 Å². The van der Waals surface area contributed by atoms with E-state index in [9.17, 15) is 0 Å². The zero-order valence-corrected chi connectivity index (χ0v) is 13.3. The van der Waals surface area contributed by atoms with Crippen LogP contribution in [0.15, 0.2) is 47.6 Å². The van der Waals surface area contributed by atoms with Crippen LogP contribution >= 0.6 is 0 Å². The molecule has 0 aromatic carbocycles. The molecule has 4 unspecified atom stereocenters. The van der Waals surface area contributed by atoms with Crippen LogP contribution in [0.3, 0.4) is 0 Å². The Hall–Kier alpha value is -1.04. The van der Waals surface area contributed by atoms with Crippen LogP contribution in [0.4, 0.5) is 0 Å². The van der Waals surface area contributed by atoms with Crippen LogP contribution in [0.25, 0.3) is 0 Å². The summed E-state index contributed by atoms with van der Waals surface area (Å²) in [5.74, 6) is 2.53. The highest BCUT2D eigenvalue weighted by Gasteiger charge is 2.35. The molecule has 0 amide bonds. The van der Waals surface area contributed by atoms with Crippen molar-refractivity contribution in [2.45, 2.75) is 41.5 Å². The second-order valence-corrected chi connectivity index (χ2v) is 7.08. The molecule has 0 bridgehead atoms. The zero-order valence-electron chi connectivity index (χ0n) is 13.3. The molecule has 19 heavy (non-hydrogen) atoms. The van der Waals surface area contributed by atoms with Crippen molar-refractivity contribution in [3.63, 3.8) is 0 Å². The molecule has 0 fully saturated rings. The van der Waals surface area contributed by atoms with Crippen LogP contribution in [0.5, 0.6) is 0 Å². The molecule has 0 saturated carbocycles. The van der Waals surface area contributed by atoms with E-state index in [2.05, 4.69) is 78.0 Å². The molecule has 0 heteroatoms. The van der Waals surface area contributed by atoms with Crippen LogP contribution in [0.2, 0.25) is 0 Å². The van der Waals surface area contributed by atoms with Crippen LogP contribution in [-0.2, 0) is 0 Å². The van der Waals surface area contributed by atoms with E-state index < -0.39 is 0 Å². The second kappa shape index (κ2) is 5.15. The SMILES string of the molecule is CC1=CC(C)C(C(C)(C)C2=CC(C)C(C)C=C2)C=C1. The van der Waals surface area contributed by atoms with Crippen molar-refractivity contribution in [1.29, 1.82) is 0 Å². The van der Waals surface area contributed by atoms with Crippen LogP contribution in [0.1, 0.15) is 41.5 Å². The lowest BCUT2D eigenvalue weighted by molar-refractivity contribution is 0.267. The third kappa shape index (κ3) is 2.78. The van der Waals surface area contributed by atoms with Gasteiger partial charge in [0, 0.05) is 0 Å². The van der Waals surface area contributed by atoms with E-state index in [1.807, 2.05) is 0 Å². The number of hydrogen-bond acceptors (Lipinski definition) is 0. The average Bonchev–Trinajstić information content (AvgIpc) is 2.32. The molecule has 0 heterocycles. The largest absolute Gasteiger partial charge is 0.0808 e. The Morgan fingerprint density at radius 1 is 0.842 bits per heavy atom. The van der Waals surface area contributed by atoms with Crippen LogP contribution in [-0.4, -0.2) is 0 Å². The van der Waals surface area contributed by atoms with Crippen LogP contribution in [0, 0.1) is 29.1 Å². The van der Waals surface area contributed by atoms with Gasteiger partial charge in [-0.1, -0.05) is 76.6 Å². The minimum absolute atomic E-state index is 0.206. The lowest BCUT2D eigenvalue weighted by Gasteiger charge is -2.40. The highest BCUT2D eigenvalue weighted by molar-refractivity contribution is 5.35. The first-order chi connectivity index (χ1) is 8.82. The lowest BCUT2D eigenvalue weighted by atomic mass is 9.64. The van der Waals surface area contributed by atoms with Gasteiger partial charge in [0.1, 0.15) is 0 Å². The maximum absolute atomic E-state index is 2.48. The van der Waals surface area contributed by atoms with E-state index in [0.29, 0.717) is 23.7 Å². The van der Waals surface area contributed by atoms with Gasteiger partial charge in [0.2, 0.25) is 0 Å². The summed E-state index contributed by atoms with van der Waals surface area (Å²) in [6.45, 7) is 14.0. The predicted octanol–water partition coefficient (Wildman–Crippen LogP) is 5.55. The normalized spacial score (nSPS) is 35.1. The quantitative estimate of drug-likeness (QED) is 0.607. The van der Waals surface area contributed by atoms with Gasteiger partial charge in [-0.2, -0.15) is 0 Å². The molecule has 0 nitrogen and oxygen atoms in total. The lowest BCUT2D eigenvalue weighted by Crippen LogP contribution is -2.31. The van der Waals surface area contributed by atoms with Gasteiger partial charge in [-0.25, -0.2) is 0 Å². The predicted molar refractivity (Wildman–Crippen MR) is 84.9 cm³/mol. The summed E-state index contributed by atoms with van der Waals surface area (Å²) in [5, 5.41) is 0. The standard InChI is InChI=1S/C19H28/c1-13-7-10-18(16(4)11-13)19(5,6)17-9-8-14(2)15(3)12-17/h7-12,14-16,18H,1-6H3. The smallest absolute Gasteiger partial charge is 0.00383 e. The average molecular weight is 256 g/mol. The molecule has 104 valence electrons. The topological polar surface area (TPSA) is 0 Å². The van der Waals surface area contributed by atoms with Gasteiger partial charge in [-0.15, -0.1) is 0 Å². The van der Waals surface area contributed by atoms with Gasteiger partial charge in [0.15, 0.2) is 0 Å². The van der Waals surface area contributed by atoms with Gasteiger partial charge in [-0.3, -0.25) is 0 Å².